The van der Waals surface area contributed by atoms with E-state index in [0.29, 0.717) is 19.4 Å². The van der Waals surface area contributed by atoms with E-state index in [0.717, 1.165) is 6.07 Å². The molecule has 2 aromatic rings. The van der Waals surface area contributed by atoms with Crippen LogP contribution in [0.2, 0.25) is 0 Å². The second-order valence-electron chi connectivity index (χ2n) is 6.87. The maximum Gasteiger partial charge on any atom is 0.417 e. The molecule has 0 spiro atoms. The van der Waals surface area contributed by atoms with E-state index < -0.39 is 17.8 Å². The van der Waals surface area contributed by atoms with Gasteiger partial charge in [-0.05, 0) is 32.8 Å². The van der Waals surface area contributed by atoms with Crippen molar-refractivity contribution in [1.82, 2.24) is 20.1 Å². The number of carbonyl (C=O) groups excluding carboxylic acids is 1. The largest absolute Gasteiger partial charge is 0.417 e. The molecule has 0 bridgehead atoms. The van der Waals surface area contributed by atoms with Crippen molar-refractivity contribution in [2.75, 3.05) is 25.6 Å². The predicted octanol–water partition coefficient (Wildman–Crippen LogP) is 3.11. The number of anilines is 1. The molecule has 1 saturated heterocycles. The Hall–Kier alpha value is -2.36. The second-order valence-corrected chi connectivity index (χ2v) is 6.87. The molecule has 0 saturated carbocycles. The van der Waals surface area contributed by atoms with Crippen LogP contribution in [0.25, 0.3) is 11.0 Å². The van der Waals surface area contributed by atoms with Gasteiger partial charge in [-0.25, -0.2) is 4.98 Å². The first-order valence-electron chi connectivity index (χ1n) is 8.73. The zero-order valence-corrected chi connectivity index (χ0v) is 15.4. The summed E-state index contributed by atoms with van der Waals surface area (Å²) in [5, 5.41) is 9.37. The monoisotopic (exact) mass is 385 g/mol. The lowest BCUT2D eigenvalue weighted by Crippen LogP contribution is -2.33. The van der Waals surface area contributed by atoms with Crippen molar-refractivity contribution >= 4 is 22.8 Å². The number of methoxy groups -OCH3 is 1. The zero-order chi connectivity index (χ0) is 19.8. The molecule has 7 nitrogen and oxygen atoms in total. The molecule has 0 aromatic carbocycles. The third-order valence-electron chi connectivity index (χ3n) is 4.46. The molecule has 3 heterocycles. The molecule has 1 fully saturated rings. The maximum atomic E-state index is 13.8. The van der Waals surface area contributed by atoms with Crippen molar-refractivity contribution in [2.24, 2.45) is 0 Å². The predicted molar refractivity (Wildman–Crippen MR) is 93.2 cm³/mol. The fourth-order valence-electron chi connectivity index (χ4n) is 3.40. The van der Waals surface area contributed by atoms with Crippen molar-refractivity contribution < 1.29 is 22.7 Å². The van der Waals surface area contributed by atoms with Crippen LogP contribution in [-0.2, 0) is 15.7 Å². The number of aromatic nitrogens is 3. The average molecular weight is 385 g/mol. The Labute approximate surface area is 154 Å². The van der Waals surface area contributed by atoms with Gasteiger partial charge in [-0.1, -0.05) is 0 Å². The van der Waals surface area contributed by atoms with E-state index in [1.54, 1.807) is 0 Å². The molecular formula is C17H22F3N5O2. The first-order valence-corrected chi connectivity index (χ1v) is 8.73. The first-order chi connectivity index (χ1) is 12.7. The van der Waals surface area contributed by atoms with Gasteiger partial charge in [0.25, 0.3) is 0 Å². The number of carbonyl (C=O) groups is 1. The van der Waals surface area contributed by atoms with Crippen LogP contribution in [0.5, 0.6) is 0 Å². The Kier molecular flexibility index (Phi) is 5.27. The summed E-state index contributed by atoms with van der Waals surface area (Å²) in [5.74, 6) is -0.146. The zero-order valence-electron chi connectivity index (χ0n) is 15.4. The topological polar surface area (TPSA) is 83.1 Å². The molecule has 0 aliphatic carbocycles. The number of rotatable bonds is 5. The van der Waals surface area contributed by atoms with E-state index in [4.69, 9.17) is 4.74 Å². The number of ether oxygens (including phenoxy) is 1. The summed E-state index contributed by atoms with van der Waals surface area (Å²) in [6.07, 6.45) is -3.33. The van der Waals surface area contributed by atoms with Crippen LogP contribution in [0.4, 0.5) is 19.0 Å². The van der Waals surface area contributed by atoms with Crippen molar-refractivity contribution in [2.45, 2.75) is 44.9 Å². The molecule has 148 valence electrons. The summed E-state index contributed by atoms with van der Waals surface area (Å²) < 4.78 is 46.1. The Bertz CT molecular complexity index is 834. The summed E-state index contributed by atoms with van der Waals surface area (Å²) in [7, 11) is 1.41. The molecule has 2 aromatic heterocycles. The van der Waals surface area contributed by atoms with Gasteiger partial charge < -0.3 is 15.0 Å². The van der Waals surface area contributed by atoms with E-state index in [-0.39, 0.29) is 41.1 Å². The number of likely N-dealkylation sites (tertiary alicyclic amines) is 1. The highest BCUT2D eigenvalue weighted by atomic mass is 19.4. The number of fused-ring (bicyclic) bond motifs is 1. The molecule has 1 atom stereocenters. The van der Waals surface area contributed by atoms with Gasteiger partial charge in [0.15, 0.2) is 11.5 Å². The highest BCUT2D eigenvalue weighted by Crippen LogP contribution is 2.40. The number of amides is 1. The van der Waals surface area contributed by atoms with E-state index in [9.17, 15) is 18.0 Å². The average Bonchev–Trinajstić information content (AvgIpc) is 3.20. The van der Waals surface area contributed by atoms with Gasteiger partial charge in [0.05, 0.1) is 22.7 Å². The number of hydrogen-bond acceptors (Lipinski definition) is 5. The van der Waals surface area contributed by atoms with Gasteiger partial charge in [0.2, 0.25) is 5.91 Å². The van der Waals surface area contributed by atoms with Crippen LogP contribution in [-0.4, -0.2) is 52.3 Å². The third-order valence-corrected chi connectivity index (χ3v) is 4.46. The van der Waals surface area contributed by atoms with Crippen LogP contribution in [0, 0.1) is 0 Å². The van der Waals surface area contributed by atoms with Crippen LogP contribution in [0.3, 0.4) is 0 Å². The Morgan fingerprint density at radius 1 is 1.48 bits per heavy atom. The van der Waals surface area contributed by atoms with Gasteiger partial charge in [-0.3, -0.25) is 9.89 Å². The number of hydrogen-bond donors (Lipinski definition) is 2. The maximum absolute atomic E-state index is 13.8. The number of alkyl halides is 3. The second kappa shape index (κ2) is 7.34. The number of nitrogens with zero attached hydrogens (tertiary/aromatic N) is 3. The van der Waals surface area contributed by atoms with Crippen LogP contribution in [0.1, 0.15) is 44.0 Å². The summed E-state index contributed by atoms with van der Waals surface area (Å²) in [5.41, 5.74) is -0.559. The van der Waals surface area contributed by atoms with Crippen LogP contribution >= 0.6 is 0 Å². The molecule has 10 heteroatoms. The quantitative estimate of drug-likeness (QED) is 0.826. The Balaban J connectivity index is 2.09. The normalized spacial score (nSPS) is 17.9. The highest BCUT2D eigenvalue weighted by Gasteiger charge is 2.38. The summed E-state index contributed by atoms with van der Waals surface area (Å²) in [6.45, 7) is 3.98. The van der Waals surface area contributed by atoms with Gasteiger partial charge >= 0.3 is 6.18 Å². The van der Waals surface area contributed by atoms with Crippen molar-refractivity contribution in [1.29, 1.82) is 0 Å². The minimum atomic E-state index is -4.58. The van der Waals surface area contributed by atoms with Crippen LogP contribution in [0.15, 0.2) is 6.07 Å². The lowest BCUT2D eigenvalue weighted by molar-refractivity contribution is -0.136. The lowest BCUT2D eigenvalue weighted by atomic mass is 10.0. The molecule has 27 heavy (non-hydrogen) atoms. The molecule has 3 rings (SSSR count). The van der Waals surface area contributed by atoms with Crippen molar-refractivity contribution in [3.05, 3.63) is 17.3 Å². The smallest absolute Gasteiger partial charge is 0.375 e. The number of halogens is 3. The van der Waals surface area contributed by atoms with E-state index in [1.165, 1.54) is 12.0 Å². The van der Waals surface area contributed by atoms with E-state index in [2.05, 4.69) is 20.5 Å². The van der Waals surface area contributed by atoms with E-state index >= 15 is 0 Å². The fourth-order valence-corrected chi connectivity index (χ4v) is 3.40. The number of nitrogens with one attached hydrogen (secondary N) is 2. The van der Waals surface area contributed by atoms with Gasteiger partial charge in [0, 0.05) is 19.7 Å². The molecule has 1 aliphatic heterocycles. The Morgan fingerprint density at radius 3 is 2.85 bits per heavy atom. The molecule has 2 N–H and O–H groups in total. The summed E-state index contributed by atoms with van der Waals surface area (Å²) in [4.78, 5) is 18.1. The Morgan fingerprint density at radius 2 is 2.22 bits per heavy atom. The highest BCUT2D eigenvalue weighted by molar-refractivity contribution is 5.91. The van der Waals surface area contributed by atoms with Crippen LogP contribution < -0.4 is 5.32 Å². The molecule has 1 aliphatic rings. The molecular weight excluding hydrogens is 363 g/mol. The molecule has 1 amide bonds. The lowest BCUT2D eigenvalue weighted by Gasteiger charge is -2.25. The standard InChI is InChI=1S/C17H22F3N5O2/c1-9(2)21-15-14-10(17(18,19)20)7-11(22-16(14)24-23-15)12-5-4-6-25(12)13(26)8-27-3/h7,9,12H,4-6,8H2,1-3H3,(H2,21,22,23,24)/t12-/m1/s1. The SMILES string of the molecule is COCC(=O)N1CCC[C@@H]1c1cc(C(F)(F)F)c2c(NC(C)C)n[nH]c2n1. The van der Waals surface area contributed by atoms with Gasteiger partial charge in [-0.15, -0.1) is 0 Å². The first kappa shape index (κ1) is 19.4. The van der Waals surface area contributed by atoms with E-state index in [1.807, 2.05) is 13.8 Å². The minimum absolute atomic E-state index is 0.0500. The van der Waals surface area contributed by atoms with Gasteiger partial charge in [0.1, 0.15) is 6.61 Å². The van der Waals surface area contributed by atoms with Crippen molar-refractivity contribution in [3.8, 4) is 0 Å². The fraction of sp³-hybridized carbons (Fsp3) is 0.588. The van der Waals surface area contributed by atoms with Gasteiger partial charge in [-0.2, -0.15) is 18.3 Å². The summed E-state index contributed by atoms with van der Waals surface area (Å²) >= 11 is 0. The number of pyridine rings is 1. The summed E-state index contributed by atoms with van der Waals surface area (Å²) in [6, 6.07) is 0.434. The third kappa shape index (κ3) is 3.85. The molecule has 0 unspecified atom stereocenters. The molecule has 0 radical (unpaired) electrons. The minimum Gasteiger partial charge on any atom is -0.375 e. The number of H-pyrrole nitrogens is 1. The number of aromatic amines is 1. The van der Waals surface area contributed by atoms with Crippen molar-refractivity contribution in [3.63, 3.8) is 0 Å².